The van der Waals surface area contributed by atoms with Crippen LogP contribution in [0.5, 0.6) is 5.75 Å². The van der Waals surface area contributed by atoms with Crippen molar-refractivity contribution in [2.45, 2.75) is 26.7 Å². The zero-order valence-corrected chi connectivity index (χ0v) is 12.0. The summed E-state index contributed by atoms with van der Waals surface area (Å²) in [5, 5.41) is 15.6. The quantitative estimate of drug-likeness (QED) is 0.897. The van der Waals surface area contributed by atoms with Crippen molar-refractivity contribution in [2.75, 3.05) is 7.11 Å². The predicted molar refractivity (Wildman–Crippen MR) is 76.4 cm³/mol. The van der Waals surface area contributed by atoms with E-state index in [-0.39, 0.29) is 11.6 Å². The Hall–Kier alpha value is -2.30. The van der Waals surface area contributed by atoms with Gasteiger partial charge in [0, 0.05) is 11.1 Å². The summed E-state index contributed by atoms with van der Waals surface area (Å²) in [5.41, 5.74) is 3.68. The molecule has 2 N–H and O–H groups in total. The summed E-state index contributed by atoms with van der Waals surface area (Å²) in [6, 6.07) is 5.45. The van der Waals surface area contributed by atoms with Crippen LogP contribution < -0.4 is 4.74 Å². The average Bonchev–Trinajstić information content (AvgIpc) is 2.87. The number of H-pyrrole nitrogens is 1. The van der Waals surface area contributed by atoms with Gasteiger partial charge in [0.15, 0.2) is 0 Å². The summed E-state index contributed by atoms with van der Waals surface area (Å²) in [7, 11) is 1.64. The molecule has 0 aliphatic rings. The summed E-state index contributed by atoms with van der Waals surface area (Å²) in [5.74, 6) is 0.0520. The van der Waals surface area contributed by atoms with E-state index in [1.165, 1.54) is 0 Å². The van der Waals surface area contributed by atoms with Crippen LogP contribution in [0.25, 0.3) is 11.3 Å². The Morgan fingerprint density at radius 1 is 1.40 bits per heavy atom. The van der Waals surface area contributed by atoms with Crippen LogP contribution in [0.15, 0.2) is 18.2 Å². The van der Waals surface area contributed by atoms with Gasteiger partial charge in [-0.2, -0.15) is 5.10 Å². The van der Waals surface area contributed by atoms with E-state index in [4.69, 9.17) is 9.84 Å². The van der Waals surface area contributed by atoms with Crippen LogP contribution in [0.1, 0.15) is 41.4 Å². The first-order chi connectivity index (χ1) is 9.45. The molecule has 0 aliphatic carbocycles. The van der Waals surface area contributed by atoms with E-state index in [2.05, 4.69) is 24.0 Å². The van der Waals surface area contributed by atoms with E-state index < -0.39 is 5.97 Å². The second kappa shape index (κ2) is 5.36. The van der Waals surface area contributed by atoms with Crippen molar-refractivity contribution in [1.82, 2.24) is 10.2 Å². The highest BCUT2D eigenvalue weighted by Crippen LogP contribution is 2.37. The third kappa shape index (κ3) is 2.39. The number of aryl methyl sites for hydroxylation is 1. The molecule has 20 heavy (non-hydrogen) atoms. The summed E-state index contributed by atoms with van der Waals surface area (Å²) in [4.78, 5) is 10.9. The molecule has 2 rings (SSSR count). The maximum Gasteiger partial charge on any atom is 0.353 e. The first-order valence-corrected chi connectivity index (χ1v) is 6.42. The maximum atomic E-state index is 10.9. The molecule has 0 atom stereocenters. The molecule has 0 bridgehead atoms. The lowest BCUT2D eigenvalue weighted by atomic mass is 9.92. The number of benzene rings is 1. The van der Waals surface area contributed by atoms with Crippen molar-refractivity contribution >= 4 is 5.97 Å². The second-order valence-electron chi connectivity index (χ2n) is 5.00. The van der Waals surface area contributed by atoms with Gasteiger partial charge >= 0.3 is 5.97 Å². The van der Waals surface area contributed by atoms with E-state index >= 15 is 0 Å². The highest BCUT2D eigenvalue weighted by molar-refractivity contribution is 5.87. The molecular formula is C15H18N2O3. The van der Waals surface area contributed by atoms with Gasteiger partial charge in [0.25, 0.3) is 0 Å². The summed E-state index contributed by atoms with van der Waals surface area (Å²) < 4.78 is 5.50. The van der Waals surface area contributed by atoms with Crippen molar-refractivity contribution in [3.8, 4) is 17.0 Å². The normalized spacial score (nSPS) is 10.8. The Labute approximate surface area is 117 Å². The van der Waals surface area contributed by atoms with Gasteiger partial charge in [-0.1, -0.05) is 26.0 Å². The highest BCUT2D eigenvalue weighted by atomic mass is 16.5. The zero-order chi connectivity index (χ0) is 14.9. The number of hydrogen-bond acceptors (Lipinski definition) is 3. The molecule has 106 valence electrons. The van der Waals surface area contributed by atoms with E-state index in [1.807, 2.05) is 19.1 Å². The lowest BCUT2D eigenvalue weighted by molar-refractivity contribution is 0.0690. The lowest BCUT2D eigenvalue weighted by Gasteiger charge is -2.18. The smallest absolute Gasteiger partial charge is 0.353 e. The maximum absolute atomic E-state index is 10.9. The number of nitrogens with zero attached hydrogens (tertiary/aromatic N) is 1. The third-order valence-corrected chi connectivity index (χ3v) is 3.26. The van der Waals surface area contributed by atoms with Crippen molar-refractivity contribution in [3.05, 3.63) is 35.0 Å². The molecule has 0 saturated carbocycles. The monoisotopic (exact) mass is 274 g/mol. The third-order valence-electron chi connectivity index (χ3n) is 3.26. The molecule has 1 heterocycles. The van der Waals surface area contributed by atoms with Gasteiger partial charge in [0.1, 0.15) is 11.4 Å². The number of methoxy groups -OCH3 is 1. The van der Waals surface area contributed by atoms with Crippen LogP contribution in [-0.2, 0) is 0 Å². The SMILES string of the molecule is COc1c(C)ccc(-c2cc(C(=O)O)[nH]n2)c1C(C)C. The van der Waals surface area contributed by atoms with Crippen LogP contribution in [-0.4, -0.2) is 28.4 Å². The van der Waals surface area contributed by atoms with Gasteiger partial charge in [-0.3, -0.25) is 5.10 Å². The van der Waals surface area contributed by atoms with E-state index in [0.717, 1.165) is 22.4 Å². The van der Waals surface area contributed by atoms with Crippen molar-refractivity contribution < 1.29 is 14.6 Å². The minimum Gasteiger partial charge on any atom is -0.496 e. The van der Waals surface area contributed by atoms with Crippen LogP contribution in [0, 0.1) is 6.92 Å². The molecule has 5 nitrogen and oxygen atoms in total. The van der Waals surface area contributed by atoms with Crippen molar-refractivity contribution in [3.63, 3.8) is 0 Å². The molecule has 0 radical (unpaired) electrons. The van der Waals surface area contributed by atoms with Crippen molar-refractivity contribution in [1.29, 1.82) is 0 Å². The Kier molecular flexibility index (Phi) is 3.79. The number of carboxylic acids is 1. The topological polar surface area (TPSA) is 75.2 Å². The van der Waals surface area contributed by atoms with Crippen LogP contribution in [0.3, 0.4) is 0 Å². The number of rotatable bonds is 4. The number of aromatic amines is 1. The molecule has 5 heteroatoms. The predicted octanol–water partition coefficient (Wildman–Crippen LogP) is 3.22. The number of nitrogens with one attached hydrogen (secondary N) is 1. The Morgan fingerprint density at radius 2 is 2.10 bits per heavy atom. The van der Waals surface area contributed by atoms with Crippen LogP contribution in [0.2, 0.25) is 0 Å². The first kappa shape index (κ1) is 14.1. The molecule has 0 aliphatic heterocycles. The van der Waals surface area contributed by atoms with Gasteiger partial charge in [-0.15, -0.1) is 0 Å². The van der Waals surface area contributed by atoms with Gasteiger partial charge in [-0.05, 0) is 24.5 Å². The van der Waals surface area contributed by atoms with Crippen LogP contribution >= 0.6 is 0 Å². The average molecular weight is 274 g/mol. The zero-order valence-electron chi connectivity index (χ0n) is 12.0. The largest absolute Gasteiger partial charge is 0.496 e. The van der Waals surface area contributed by atoms with Crippen molar-refractivity contribution in [2.24, 2.45) is 0 Å². The molecule has 0 fully saturated rings. The summed E-state index contributed by atoms with van der Waals surface area (Å²) in [6.07, 6.45) is 0. The number of carboxylic acid groups (broad SMARTS) is 1. The minimum absolute atomic E-state index is 0.0780. The molecular weight excluding hydrogens is 256 g/mol. The summed E-state index contributed by atoms with van der Waals surface area (Å²) in [6.45, 7) is 6.14. The van der Waals surface area contributed by atoms with E-state index in [9.17, 15) is 4.79 Å². The number of aromatic carboxylic acids is 1. The van der Waals surface area contributed by atoms with Crippen LogP contribution in [0.4, 0.5) is 0 Å². The Balaban J connectivity index is 2.63. The second-order valence-corrected chi connectivity index (χ2v) is 5.00. The Bertz CT molecular complexity index is 645. The number of aromatic nitrogens is 2. The molecule has 0 amide bonds. The number of carbonyl (C=O) groups is 1. The molecule has 1 aromatic carbocycles. The molecule has 1 aromatic heterocycles. The molecule has 2 aromatic rings. The Morgan fingerprint density at radius 3 is 2.60 bits per heavy atom. The van der Waals surface area contributed by atoms with Gasteiger partial charge in [0.2, 0.25) is 0 Å². The van der Waals surface area contributed by atoms with Gasteiger partial charge < -0.3 is 9.84 Å². The number of hydrogen-bond donors (Lipinski definition) is 2. The fourth-order valence-corrected chi connectivity index (χ4v) is 2.35. The van der Waals surface area contributed by atoms with Gasteiger partial charge in [0.05, 0.1) is 12.8 Å². The highest BCUT2D eigenvalue weighted by Gasteiger charge is 2.19. The van der Waals surface area contributed by atoms with Gasteiger partial charge in [-0.25, -0.2) is 4.79 Å². The molecule has 0 saturated heterocycles. The summed E-state index contributed by atoms with van der Waals surface area (Å²) >= 11 is 0. The van der Waals surface area contributed by atoms with E-state index in [1.54, 1.807) is 13.2 Å². The fourth-order valence-electron chi connectivity index (χ4n) is 2.35. The molecule has 0 unspecified atom stereocenters. The first-order valence-electron chi connectivity index (χ1n) is 6.42. The number of ether oxygens (including phenoxy) is 1. The fraction of sp³-hybridized carbons (Fsp3) is 0.333. The molecule has 0 spiro atoms. The van der Waals surface area contributed by atoms with E-state index in [0.29, 0.717) is 5.69 Å². The standard InChI is InChI=1S/C15H18N2O3/c1-8(2)13-10(6-5-9(3)14(13)20-4)11-7-12(15(18)19)17-16-11/h5-8H,1-4H3,(H,16,17)(H,18,19). The minimum atomic E-state index is -1.02. The lowest BCUT2D eigenvalue weighted by Crippen LogP contribution is -2.00.